The molecule has 0 saturated carbocycles. The first-order chi connectivity index (χ1) is 8.78. The maximum Gasteiger partial charge on any atom is 0.145 e. The minimum absolute atomic E-state index is 0.749. The van der Waals surface area contributed by atoms with E-state index >= 15 is 0 Å². The van der Waals surface area contributed by atoms with Gasteiger partial charge in [-0.15, -0.1) is 11.3 Å². The van der Waals surface area contributed by atoms with Crippen molar-refractivity contribution in [2.24, 2.45) is 0 Å². The Bertz CT molecular complexity index is 706. The number of nitrogens with two attached hydrogens (primary N) is 1. The molecule has 0 radical (unpaired) electrons. The van der Waals surface area contributed by atoms with Gasteiger partial charge in [-0.1, -0.05) is 18.2 Å². The molecule has 0 aliphatic carbocycles. The summed E-state index contributed by atoms with van der Waals surface area (Å²) in [5, 5.41) is 0.960. The van der Waals surface area contributed by atoms with Crippen molar-refractivity contribution in [1.82, 2.24) is 4.98 Å². The van der Waals surface area contributed by atoms with Crippen LogP contribution in [0.4, 0.5) is 5.69 Å². The average molecular weight is 256 g/mol. The van der Waals surface area contributed by atoms with Crippen LogP contribution in [0.25, 0.3) is 20.8 Å². The SMILES string of the molecule is COc1cccc2sc(-c3cccc(N)c3)nc12. The molecular formula is C14H12N2OS. The lowest BCUT2D eigenvalue weighted by atomic mass is 10.2. The Kier molecular flexibility index (Phi) is 2.64. The Labute approximate surface area is 109 Å². The van der Waals surface area contributed by atoms with Crippen LogP contribution in [-0.2, 0) is 0 Å². The molecule has 3 nitrogen and oxygen atoms in total. The molecule has 0 atom stereocenters. The molecule has 0 aliphatic heterocycles. The van der Waals surface area contributed by atoms with E-state index in [1.165, 1.54) is 0 Å². The highest BCUT2D eigenvalue weighted by Gasteiger charge is 2.09. The molecule has 2 N–H and O–H groups in total. The molecule has 0 saturated heterocycles. The summed E-state index contributed by atoms with van der Waals surface area (Å²) >= 11 is 1.64. The number of nitrogens with zero attached hydrogens (tertiary/aromatic N) is 1. The number of nitrogen functional groups attached to an aromatic ring is 1. The van der Waals surface area contributed by atoms with E-state index in [2.05, 4.69) is 4.98 Å². The molecule has 4 heteroatoms. The van der Waals surface area contributed by atoms with Gasteiger partial charge in [-0.25, -0.2) is 4.98 Å². The Balaban J connectivity index is 2.19. The lowest BCUT2D eigenvalue weighted by molar-refractivity contribution is 0.419. The first-order valence-electron chi connectivity index (χ1n) is 5.57. The van der Waals surface area contributed by atoms with Gasteiger partial charge in [0.1, 0.15) is 16.3 Å². The van der Waals surface area contributed by atoms with Crippen LogP contribution in [0.5, 0.6) is 5.75 Å². The molecule has 18 heavy (non-hydrogen) atoms. The lowest BCUT2D eigenvalue weighted by Crippen LogP contribution is -1.85. The van der Waals surface area contributed by atoms with Crippen LogP contribution >= 0.6 is 11.3 Å². The van der Waals surface area contributed by atoms with Gasteiger partial charge in [-0.05, 0) is 24.3 Å². The van der Waals surface area contributed by atoms with Crippen molar-refractivity contribution >= 4 is 27.2 Å². The normalized spacial score (nSPS) is 10.7. The number of hydrogen-bond acceptors (Lipinski definition) is 4. The molecule has 0 amide bonds. The zero-order valence-electron chi connectivity index (χ0n) is 9.88. The molecule has 0 aliphatic rings. The molecule has 3 aromatic rings. The molecule has 0 bridgehead atoms. The zero-order valence-corrected chi connectivity index (χ0v) is 10.7. The summed E-state index contributed by atoms with van der Waals surface area (Å²) in [7, 11) is 1.66. The molecule has 90 valence electrons. The fourth-order valence-corrected chi connectivity index (χ4v) is 2.86. The average Bonchev–Trinajstić information content (AvgIpc) is 2.82. The van der Waals surface area contributed by atoms with E-state index in [4.69, 9.17) is 10.5 Å². The van der Waals surface area contributed by atoms with E-state index in [9.17, 15) is 0 Å². The first-order valence-corrected chi connectivity index (χ1v) is 6.39. The summed E-state index contributed by atoms with van der Waals surface area (Å²) in [6.07, 6.45) is 0. The number of hydrogen-bond donors (Lipinski definition) is 1. The zero-order chi connectivity index (χ0) is 12.5. The summed E-state index contributed by atoms with van der Waals surface area (Å²) in [6.45, 7) is 0. The summed E-state index contributed by atoms with van der Waals surface area (Å²) < 4.78 is 6.44. The van der Waals surface area contributed by atoms with Crippen LogP contribution in [0.1, 0.15) is 0 Å². The summed E-state index contributed by atoms with van der Waals surface area (Å²) in [6, 6.07) is 13.7. The van der Waals surface area contributed by atoms with Gasteiger partial charge in [0, 0.05) is 11.3 Å². The summed E-state index contributed by atoms with van der Waals surface area (Å²) in [4.78, 5) is 4.63. The fourth-order valence-electron chi connectivity index (χ4n) is 1.88. The van der Waals surface area contributed by atoms with Gasteiger partial charge in [-0.3, -0.25) is 0 Å². The smallest absolute Gasteiger partial charge is 0.145 e. The molecule has 1 aromatic heterocycles. The van der Waals surface area contributed by atoms with Gasteiger partial charge in [-0.2, -0.15) is 0 Å². The Morgan fingerprint density at radius 1 is 1.17 bits per heavy atom. The van der Waals surface area contributed by atoms with Crippen molar-refractivity contribution in [3.63, 3.8) is 0 Å². The van der Waals surface area contributed by atoms with Crippen molar-refractivity contribution in [3.8, 4) is 16.3 Å². The van der Waals surface area contributed by atoms with Crippen molar-refractivity contribution in [2.75, 3.05) is 12.8 Å². The van der Waals surface area contributed by atoms with E-state index in [1.807, 2.05) is 42.5 Å². The number of ether oxygens (including phenoxy) is 1. The summed E-state index contributed by atoms with van der Waals surface area (Å²) in [5.41, 5.74) is 8.49. The molecule has 0 fully saturated rings. The second-order valence-corrected chi connectivity index (χ2v) is 4.98. The van der Waals surface area contributed by atoms with Crippen LogP contribution in [0.2, 0.25) is 0 Å². The van der Waals surface area contributed by atoms with Crippen molar-refractivity contribution in [1.29, 1.82) is 0 Å². The Hall–Kier alpha value is -2.07. The van der Waals surface area contributed by atoms with Gasteiger partial charge >= 0.3 is 0 Å². The van der Waals surface area contributed by atoms with E-state index in [1.54, 1.807) is 18.4 Å². The predicted molar refractivity (Wildman–Crippen MR) is 76.0 cm³/mol. The number of rotatable bonds is 2. The molecule has 0 unspecified atom stereocenters. The largest absolute Gasteiger partial charge is 0.494 e. The van der Waals surface area contributed by atoms with E-state index in [-0.39, 0.29) is 0 Å². The van der Waals surface area contributed by atoms with Gasteiger partial charge in [0.2, 0.25) is 0 Å². The second kappa shape index (κ2) is 4.31. The van der Waals surface area contributed by atoms with E-state index in [0.29, 0.717) is 0 Å². The molecule has 0 spiro atoms. The fraction of sp³-hybridized carbons (Fsp3) is 0.0714. The molecule has 3 rings (SSSR count). The third kappa shape index (κ3) is 1.80. The Morgan fingerprint density at radius 3 is 2.78 bits per heavy atom. The lowest BCUT2D eigenvalue weighted by Gasteiger charge is -1.98. The maximum absolute atomic E-state index is 5.80. The minimum atomic E-state index is 0.749. The molecular weight excluding hydrogens is 244 g/mol. The topological polar surface area (TPSA) is 48.1 Å². The van der Waals surface area contributed by atoms with Gasteiger partial charge < -0.3 is 10.5 Å². The van der Waals surface area contributed by atoms with Crippen LogP contribution in [0.3, 0.4) is 0 Å². The van der Waals surface area contributed by atoms with E-state index < -0.39 is 0 Å². The number of aromatic nitrogens is 1. The number of para-hydroxylation sites is 1. The van der Waals surface area contributed by atoms with Crippen LogP contribution < -0.4 is 10.5 Å². The van der Waals surface area contributed by atoms with Crippen LogP contribution in [0, 0.1) is 0 Å². The number of methoxy groups -OCH3 is 1. The quantitative estimate of drug-likeness (QED) is 0.713. The minimum Gasteiger partial charge on any atom is -0.494 e. The molecule has 2 aromatic carbocycles. The number of anilines is 1. The van der Waals surface area contributed by atoms with Crippen molar-refractivity contribution in [3.05, 3.63) is 42.5 Å². The highest BCUT2D eigenvalue weighted by Crippen LogP contribution is 2.34. The Morgan fingerprint density at radius 2 is 2.00 bits per heavy atom. The predicted octanol–water partition coefficient (Wildman–Crippen LogP) is 3.55. The molecule has 1 heterocycles. The number of fused-ring (bicyclic) bond motifs is 1. The third-order valence-electron chi connectivity index (χ3n) is 2.74. The highest BCUT2D eigenvalue weighted by atomic mass is 32.1. The van der Waals surface area contributed by atoms with Gasteiger partial charge in [0.05, 0.1) is 11.8 Å². The third-order valence-corrected chi connectivity index (χ3v) is 3.81. The monoisotopic (exact) mass is 256 g/mol. The number of benzene rings is 2. The van der Waals surface area contributed by atoms with E-state index in [0.717, 1.165) is 32.2 Å². The summed E-state index contributed by atoms with van der Waals surface area (Å²) in [5.74, 6) is 0.805. The first kappa shape index (κ1) is 11.0. The standard InChI is InChI=1S/C14H12N2OS/c1-17-11-6-3-7-12-13(11)16-14(18-12)9-4-2-5-10(15)8-9/h2-8H,15H2,1H3. The van der Waals surface area contributed by atoms with Crippen molar-refractivity contribution < 1.29 is 4.74 Å². The highest BCUT2D eigenvalue weighted by molar-refractivity contribution is 7.21. The van der Waals surface area contributed by atoms with Crippen LogP contribution in [-0.4, -0.2) is 12.1 Å². The van der Waals surface area contributed by atoms with Crippen LogP contribution in [0.15, 0.2) is 42.5 Å². The second-order valence-electron chi connectivity index (χ2n) is 3.95. The van der Waals surface area contributed by atoms with Gasteiger partial charge in [0.25, 0.3) is 0 Å². The van der Waals surface area contributed by atoms with Gasteiger partial charge in [0.15, 0.2) is 0 Å². The van der Waals surface area contributed by atoms with Crippen molar-refractivity contribution in [2.45, 2.75) is 0 Å². The maximum atomic E-state index is 5.80. The number of thiazole rings is 1.